The topological polar surface area (TPSA) is 79.4 Å². The number of benzene rings is 2. The fourth-order valence-electron chi connectivity index (χ4n) is 3.32. The molecular formula is C23H24ClN3O3S. The molecule has 162 valence electrons. The number of carbonyl (C=O) groups excluding carboxylic acids is 1. The van der Waals surface area contributed by atoms with Crippen molar-refractivity contribution >= 4 is 38.9 Å². The summed E-state index contributed by atoms with van der Waals surface area (Å²) in [6.07, 6.45) is 5.66. The Hall–Kier alpha value is -2.90. The van der Waals surface area contributed by atoms with Gasteiger partial charge in [0.05, 0.1) is 11.9 Å². The van der Waals surface area contributed by atoms with Gasteiger partial charge in [-0.05, 0) is 72.5 Å². The van der Waals surface area contributed by atoms with E-state index in [9.17, 15) is 13.2 Å². The van der Waals surface area contributed by atoms with Gasteiger partial charge in [-0.3, -0.25) is 14.1 Å². The van der Waals surface area contributed by atoms with Crippen molar-refractivity contribution < 1.29 is 13.2 Å². The molecule has 0 radical (unpaired) electrons. The van der Waals surface area contributed by atoms with E-state index < -0.39 is 22.0 Å². The molecule has 6 nitrogen and oxygen atoms in total. The summed E-state index contributed by atoms with van der Waals surface area (Å²) in [5, 5.41) is 3.32. The number of hydrogen-bond donors (Lipinski definition) is 1. The minimum atomic E-state index is -3.70. The molecule has 0 saturated heterocycles. The molecular weight excluding hydrogens is 434 g/mol. The van der Waals surface area contributed by atoms with E-state index in [1.165, 1.54) is 0 Å². The van der Waals surface area contributed by atoms with Crippen molar-refractivity contribution in [3.05, 3.63) is 89.2 Å². The first kappa shape index (κ1) is 22.8. The highest BCUT2D eigenvalue weighted by atomic mass is 35.5. The second-order valence-electron chi connectivity index (χ2n) is 7.18. The van der Waals surface area contributed by atoms with E-state index in [1.807, 2.05) is 36.4 Å². The molecule has 8 heteroatoms. The van der Waals surface area contributed by atoms with E-state index in [0.29, 0.717) is 22.8 Å². The minimum absolute atomic E-state index is 0.307. The van der Waals surface area contributed by atoms with Crippen LogP contribution in [-0.4, -0.2) is 31.6 Å². The second kappa shape index (κ2) is 9.94. The molecule has 0 bridgehead atoms. The first-order valence-corrected chi connectivity index (χ1v) is 12.0. The molecule has 2 aromatic carbocycles. The molecule has 0 unspecified atom stereocenters. The first-order chi connectivity index (χ1) is 14.8. The van der Waals surface area contributed by atoms with Crippen LogP contribution in [0.1, 0.15) is 24.5 Å². The second-order valence-corrected chi connectivity index (χ2v) is 9.47. The van der Waals surface area contributed by atoms with Gasteiger partial charge in [0.2, 0.25) is 15.9 Å². The van der Waals surface area contributed by atoms with Gasteiger partial charge in [0, 0.05) is 23.1 Å². The van der Waals surface area contributed by atoms with Crippen LogP contribution < -0.4 is 9.62 Å². The van der Waals surface area contributed by atoms with Gasteiger partial charge < -0.3 is 5.32 Å². The van der Waals surface area contributed by atoms with Gasteiger partial charge in [0.25, 0.3) is 0 Å². The summed E-state index contributed by atoms with van der Waals surface area (Å²) in [7, 11) is -3.70. The Balaban J connectivity index is 1.77. The molecule has 0 aliphatic carbocycles. The number of sulfonamides is 1. The van der Waals surface area contributed by atoms with Crippen LogP contribution in [-0.2, 0) is 21.2 Å². The summed E-state index contributed by atoms with van der Waals surface area (Å²) in [6, 6.07) is 16.9. The highest BCUT2D eigenvalue weighted by Crippen LogP contribution is 2.25. The Kier molecular flexibility index (Phi) is 7.30. The van der Waals surface area contributed by atoms with Crippen LogP contribution in [0.2, 0.25) is 5.02 Å². The molecule has 3 aromatic rings. The highest BCUT2D eigenvalue weighted by molar-refractivity contribution is 7.92. The quantitative estimate of drug-likeness (QED) is 0.539. The van der Waals surface area contributed by atoms with Gasteiger partial charge >= 0.3 is 0 Å². The zero-order valence-electron chi connectivity index (χ0n) is 17.3. The molecule has 3 rings (SSSR count). The molecule has 1 aromatic heterocycles. The molecule has 1 N–H and O–H groups in total. The molecule has 0 spiro atoms. The number of hydrogen-bond acceptors (Lipinski definition) is 4. The van der Waals surface area contributed by atoms with E-state index in [1.54, 1.807) is 43.6 Å². The van der Waals surface area contributed by atoms with Gasteiger partial charge in [-0.15, -0.1) is 0 Å². The largest absolute Gasteiger partial charge is 0.324 e. The van der Waals surface area contributed by atoms with Gasteiger partial charge in [-0.1, -0.05) is 30.7 Å². The normalized spacial score (nSPS) is 12.2. The zero-order valence-corrected chi connectivity index (χ0v) is 18.9. The third kappa shape index (κ3) is 6.06. The number of amides is 1. The van der Waals surface area contributed by atoms with E-state index in [2.05, 4.69) is 10.3 Å². The van der Waals surface area contributed by atoms with Crippen molar-refractivity contribution in [1.82, 2.24) is 4.98 Å². The van der Waals surface area contributed by atoms with Gasteiger partial charge in [0.15, 0.2) is 0 Å². The van der Waals surface area contributed by atoms with Gasteiger partial charge in [-0.25, -0.2) is 8.42 Å². The summed E-state index contributed by atoms with van der Waals surface area (Å²) < 4.78 is 26.1. The Morgan fingerprint density at radius 3 is 2.13 bits per heavy atom. The molecule has 0 fully saturated rings. The number of nitrogens with one attached hydrogen (secondary N) is 1. The summed E-state index contributed by atoms with van der Waals surface area (Å²) in [6.45, 7) is 1.77. The number of carbonyl (C=O) groups is 1. The number of halogens is 1. The molecule has 1 atom stereocenters. The first-order valence-electron chi connectivity index (χ1n) is 9.81. The maximum Gasteiger partial charge on any atom is 0.248 e. The van der Waals surface area contributed by atoms with Crippen LogP contribution in [0.25, 0.3) is 0 Å². The van der Waals surface area contributed by atoms with Crippen LogP contribution in [0.15, 0.2) is 73.1 Å². The Bertz CT molecular complexity index is 1120. The molecule has 0 aliphatic rings. The zero-order chi connectivity index (χ0) is 22.4. The lowest BCUT2D eigenvalue weighted by molar-refractivity contribution is -0.117. The number of rotatable bonds is 8. The average Bonchev–Trinajstić information content (AvgIpc) is 2.74. The Morgan fingerprint density at radius 1 is 1.00 bits per heavy atom. The predicted octanol–water partition coefficient (Wildman–Crippen LogP) is 4.51. The van der Waals surface area contributed by atoms with Crippen molar-refractivity contribution in [2.75, 3.05) is 15.9 Å². The summed E-state index contributed by atoms with van der Waals surface area (Å²) in [5.41, 5.74) is 3.23. The Labute approximate surface area is 187 Å². The minimum Gasteiger partial charge on any atom is -0.324 e. The number of nitrogens with zero attached hydrogens (tertiary/aromatic N) is 2. The summed E-state index contributed by atoms with van der Waals surface area (Å²) in [5.74, 6) is -0.398. The molecule has 1 heterocycles. The smallest absolute Gasteiger partial charge is 0.248 e. The average molecular weight is 458 g/mol. The van der Waals surface area contributed by atoms with E-state index in [-0.39, 0.29) is 0 Å². The lowest BCUT2D eigenvalue weighted by Crippen LogP contribution is -2.46. The standard InChI is InChI=1S/C23H24ClN3O3S/c1-3-22(27(31(2,29)30)21-10-6-19(24)7-11-21)23(28)26-20-8-4-17(5-9-20)16-18-12-14-25-15-13-18/h4-15,22H,3,16H2,1-2H3,(H,26,28)/t22-/m1/s1. The van der Waals surface area contributed by atoms with Gasteiger partial charge in [0.1, 0.15) is 6.04 Å². The molecule has 1 amide bonds. The predicted molar refractivity (Wildman–Crippen MR) is 125 cm³/mol. The monoisotopic (exact) mass is 457 g/mol. The van der Waals surface area contributed by atoms with Crippen molar-refractivity contribution in [2.45, 2.75) is 25.8 Å². The fourth-order valence-corrected chi connectivity index (χ4v) is 4.65. The van der Waals surface area contributed by atoms with Crippen molar-refractivity contribution in [2.24, 2.45) is 0 Å². The molecule has 0 saturated carbocycles. The lowest BCUT2D eigenvalue weighted by Gasteiger charge is -2.30. The van der Waals surface area contributed by atoms with Crippen molar-refractivity contribution in [1.29, 1.82) is 0 Å². The maximum absolute atomic E-state index is 13.0. The van der Waals surface area contributed by atoms with Crippen molar-refractivity contribution in [3.63, 3.8) is 0 Å². The van der Waals surface area contributed by atoms with Crippen LogP contribution >= 0.6 is 11.6 Å². The molecule has 0 aliphatic heterocycles. The number of aromatic nitrogens is 1. The Morgan fingerprint density at radius 2 is 1.58 bits per heavy atom. The van der Waals surface area contributed by atoms with E-state index in [4.69, 9.17) is 11.6 Å². The maximum atomic E-state index is 13.0. The van der Waals surface area contributed by atoms with E-state index in [0.717, 1.165) is 28.1 Å². The third-order valence-electron chi connectivity index (χ3n) is 4.79. The number of anilines is 2. The summed E-state index contributed by atoms with van der Waals surface area (Å²) in [4.78, 5) is 17.0. The van der Waals surface area contributed by atoms with Crippen LogP contribution in [0.4, 0.5) is 11.4 Å². The number of pyridine rings is 1. The highest BCUT2D eigenvalue weighted by Gasteiger charge is 2.31. The SMILES string of the molecule is CC[C@H](C(=O)Nc1ccc(Cc2ccncc2)cc1)N(c1ccc(Cl)cc1)S(C)(=O)=O. The van der Waals surface area contributed by atoms with Crippen LogP contribution in [0, 0.1) is 0 Å². The molecule has 31 heavy (non-hydrogen) atoms. The fraction of sp³-hybridized carbons (Fsp3) is 0.217. The van der Waals surface area contributed by atoms with Crippen LogP contribution in [0.3, 0.4) is 0 Å². The van der Waals surface area contributed by atoms with Crippen LogP contribution in [0.5, 0.6) is 0 Å². The van der Waals surface area contributed by atoms with E-state index >= 15 is 0 Å². The summed E-state index contributed by atoms with van der Waals surface area (Å²) >= 11 is 5.93. The third-order valence-corrected chi connectivity index (χ3v) is 6.22. The van der Waals surface area contributed by atoms with Crippen molar-refractivity contribution in [3.8, 4) is 0 Å². The lowest BCUT2D eigenvalue weighted by atomic mass is 10.1. The van der Waals surface area contributed by atoms with Gasteiger partial charge in [-0.2, -0.15) is 0 Å².